The molecule has 1 unspecified atom stereocenters. The molecule has 1 aliphatic rings. The van der Waals surface area contributed by atoms with Crippen LogP contribution < -0.4 is 0 Å². The maximum atomic E-state index is 11.6. The maximum absolute atomic E-state index is 11.6. The van der Waals surface area contributed by atoms with Crippen LogP contribution in [0.25, 0.3) is 0 Å². The van der Waals surface area contributed by atoms with E-state index in [2.05, 4.69) is 6.92 Å². The molecular weight excluding hydrogens is 208 g/mol. The summed E-state index contributed by atoms with van der Waals surface area (Å²) in [5, 5.41) is 0.278. The van der Waals surface area contributed by atoms with Crippen molar-refractivity contribution >= 4 is 23.3 Å². The molecule has 0 saturated carbocycles. The Labute approximate surface area is 96.2 Å². The molecule has 0 aliphatic carbocycles. The van der Waals surface area contributed by atoms with E-state index >= 15 is 0 Å². The molecule has 86 valence electrons. The molecule has 1 rings (SSSR count). The number of unbranched alkanes of at least 4 members (excludes halogenated alkanes) is 2. The fraction of sp³-hybridized carbons (Fsp3) is 0.833. The van der Waals surface area contributed by atoms with Crippen molar-refractivity contribution in [2.75, 3.05) is 5.75 Å². The highest BCUT2D eigenvalue weighted by Crippen LogP contribution is 2.26. The second kappa shape index (κ2) is 7.04. The minimum absolute atomic E-state index is 0.278. The van der Waals surface area contributed by atoms with E-state index in [1.807, 2.05) is 0 Å². The third-order valence-corrected chi connectivity index (χ3v) is 3.95. The maximum Gasteiger partial charge on any atom is 0.134 e. The van der Waals surface area contributed by atoms with Gasteiger partial charge in [0.05, 0.1) is 0 Å². The first-order chi connectivity index (χ1) is 7.22. The van der Waals surface area contributed by atoms with E-state index in [1.54, 1.807) is 11.8 Å². The molecule has 15 heavy (non-hydrogen) atoms. The van der Waals surface area contributed by atoms with E-state index in [0.29, 0.717) is 37.2 Å². The zero-order valence-electron chi connectivity index (χ0n) is 9.46. The highest BCUT2D eigenvalue weighted by atomic mass is 32.2. The lowest BCUT2D eigenvalue weighted by Gasteiger charge is -2.19. The third kappa shape index (κ3) is 5.36. The Balaban J connectivity index is 2.16. The normalized spacial score (nSPS) is 21.7. The van der Waals surface area contributed by atoms with E-state index in [0.717, 1.165) is 25.0 Å². The van der Waals surface area contributed by atoms with Gasteiger partial charge in [0.25, 0.3) is 0 Å². The summed E-state index contributed by atoms with van der Waals surface area (Å²) in [5.74, 6) is 1.59. The molecule has 3 heteroatoms. The number of hydrogen-bond donors (Lipinski definition) is 0. The zero-order valence-corrected chi connectivity index (χ0v) is 10.3. The molecule has 0 N–H and O–H groups in total. The molecule has 1 atom stereocenters. The molecular formula is C12H20O2S. The first-order valence-electron chi connectivity index (χ1n) is 5.87. The van der Waals surface area contributed by atoms with Gasteiger partial charge in [-0.15, -0.1) is 0 Å². The molecule has 0 aromatic carbocycles. The number of thioether (sulfide) groups is 1. The minimum Gasteiger partial charge on any atom is -0.300 e. The van der Waals surface area contributed by atoms with Crippen LogP contribution in [0.15, 0.2) is 0 Å². The zero-order chi connectivity index (χ0) is 11.1. The predicted molar refractivity (Wildman–Crippen MR) is 64.3 cm³/mol. The molecule has 0 radical (unpaired) electrons. The lowest BCUT2D eigenvalue weighted by Crippen LogP contribution is -2.20. The highest BCUT2D eigenvalue weighted by molar-refractivity contribution is 8.00. The molecule has 0 bridgehead atoms. The van der Waals surface area contributed by atoms with Gasteiger partial charge in [0.2, 0.25) is 0 Å². The second-order valence-electron chi connectivity index (χ2n) is 4.19. The number of rotatable bonds is 6. The van der Waals surface area contributed by atoms with E-state index in [-0.39, 0.29) is 5.25 Å². The molecule has 1 heterocycles. The summed E-state index contributed by atoms with van der Waals surface area (Å²) in [6.45, 7) is 2.14. The molecule has 2 nitrogen and oxygen atoms in total. The Hall–Kier alpha value is -0.310. The minimum atomic E-state index is 0.278. The van der Waals surface area contributed by atoms with E-state index < -0.39 is 0 Å². The van der Waals surface area contributed by atoms with Gasteiger partial charge in [-0.05, 0) is 6.42 Å². The smallest absolute Gasteiger partial charge is 0.134 e. The van der Waals surface area contributed by atoms with Crippen molar-refractivity contribution < 1.29 is 9.59 Å². The van der Waals surface area contributed by atoms with Gasteiger partial charge in [0.15, 0.2) is 0 Å². The van der Waals surface area contributed by atoms with Crippen LogP contribution in [-0.2, 0) is 9.59 Å². The quantitative estimate of drug-likeness (QED) is 0.655. The van der Waals surface area contributed by atoms with Gasteiger partial charge in [-0.25, -0.2) is 0 Å². The second-order valence-corrected chi connectivity index (χ2v) is 5.59. The molecule has 1 fully saturated rings. The Kier molecular flexibility index (Phi) is 5.99. The lowest BCUT2D eigenvalue weighted by atomic mass is 10.0. The van der Waals surface area contributed by atoms with Crippen molar-refractivity contribution in [1.82, 2.24) is 0 Å². The first-order valence-corrected chi connectivity index (χ1v) is 6.92. The van der Waals surface area contributed by atoms with Crippen LogP contribution in [0, 0.1) is 0 Å². The van der Waals surface area contributed by atoms with Crippen LogP contribution in [0.1, 0.15) is 51.9 Å². The summed E-state index contributed by atoms with van der Waals surface area (Å²) in [5.41, 5.74) is 0. The van der Waals surface area contributed by atoms with Gasteiger partial charge >= 0.3 is 0 Å². The summed E-state index contributed by atoms with van der Waals surface area (Å²) < 4.78 is 0. The Bertz CT molecular complexity index is 226. The van der Waals surface area contributed by atoms with Crippen LogP contribution in [0.5, 0.6) is 0 Å². The van der Waals surface area contributed by atoms with E-state index in [4.69, 9.17) is 0 Å². The van der Waals surface area contributed by atoms with Crippen molar-refractivity contribution in [3.8, 4) is 0 Å². The van der Waals surface area contributed by atoms with Crippen molar-refractivity contribution in [1.29, 1.82) is 0 Å². The monoisotopic (exact) mass is 228 g/mol. The molecule has 1 aliphatic heterocycles. The Morgan fingerprint density at radius 3 is 2.93 bits per heavy atom. The van der Waals surface area contributed by atoms with Gasteiger partial charge in [0, 0.05) is 36.7 Å². The number of hydrogen-bond acceptors (Lipinski definition) is 3. The summed E-state index contributed by atoms with van der Waals surface area (Å²) in [7, 11) is 0. The van der Waals surface area contributed by atoms with Gasteiger partial charge in [-0.2, -0.15) is 11.8 Å². The standard InChI is InChI=1S/C12H20O2S/c1-2-3-4-5-10(13)8-12-9-11(14)6-7-15-12/h12H,2-9H2,1H3. The van der Waals surface area contributed by atoms with Gasteiger partial charge in [-0.1, -0.05) is 19.8 Å². The topological polar surface area (TPSA) is 34.1 Å². The summed E-state index contributed by atoms with van der Waals surface area (Å²) in [6.07, 6.45) is 5.95. The number of carbonyl (C=O) groups is 2. The predicted octanol–water partition coefficient (Wildman–Crippen LogP) is 2.99. The van der Waals surface area contributed by atoms with Crippen molar-refractivity contribution in [3.63, 3.8) is 0 Å². The molecule has 1 saturated heterocycles. The largest absolute Gasteiger partial charge is 0.300 e. The first kappa shape index (κ1) is 12.8. The molecule has 0 amide bonds. The molecule has 0 aromatic heterocycles. The van der Waals surface area contributed by atoms with Gasteiger partial charge in [-0.3, -0.25) is 9.59 Å². The van der Waals surface area contributed by atoms with Crippen LogP contribution in [0.4, 0.5) is 0 Å². The van der Waals surface area contributed by atoms with Gasteiger partial charge < -0.3 is 0 Å². The van der Waals surface area contributed by atoms with E-state index in [9.17, 15) is 9.59 Å². The van der Waals surface area contributed by atoms with Gasteiger partial charge in [0.1, 0.15) is 11.6 Å². The number of ketones is 2. The highest BCUT2D eigenvalue weighted by Gasteiger charge is 2.21. The number of carbonyl (C=O) groups excluding carboxylic acids is 2. The van der Waals surface area contributed by atoms with Crippen molar-refractivity contribution in [3.05, 3.63) is 0 Å². The van der Waals surface area contributed by atoms with Crippen LogP contribution in [0.2, 0.25) is 0 Å². The average Bonchev–Trinajstić information content (AvgIpc) is 2.18. The Morgan fingerprint density at radius 1 is 1.47 bits per heavy atom. The van der Waals surface area contributed by atoms with Crippen molar-refractivity contribution in [2.24, 2.45) is 0 Å². The average molecular weight is 228 g/mol. The molecule has 0 spiro atoms. The van der Waals surface area contributed by atoms with Crippen LogP contribution in [-0.4, -0.2) is 22.6 Å². The fourth-order valence-electron chi connectivity index (χ4n) is 1.81. The lowest BCUT2D eigenvalue weighted by molar-refractivity contribution is -0.120. The van der Waals surface area contributed by atoms with E-state index in [1.165, 1.54) is 0 Å². The summed E-state index contributed by atoms with van der Waals surface area (Å²) in [4.78, 5) is 22.8. The SMILES string of the molecule is CCCCCC(=O)CC1CC(=O)CCS1. The number of Topliss-reactive ketones (excluding diaryl/α,β-unsaturated/α-hetero) is 2. The molecule has 0 aromatic rings. The summed E-state index contributed by atoms with van der Waals surface area (Å²) >= 11 is 1.79. The van der Waals surface area contributed by atoms with Crippen molar-refractivity contribution in [2.45, 2.75) is 57.1 Å². The van der Waals surface area contributed by atoms with Crippen LogP contribution in [0.3, 0.4) is 0 Å². The van der Waals surface area contributed by atoms with Crippen LogP contribution >= 0.6 is 11.8 Å². The Morgan fingerprint density at radius 2 is 2.27 bits per heavy atom. The fourth-order valence-corrected chi connectivity index (χ4v) is 3.10. The third-order valence-electron chi connectivity index (χ3n) is 2.70. The summed E-state index contributed by atoms with van der Waals surface area (Å²) in [6, 6.07) is 0.